The normalized spacial score (nSPS) is 19.4. The minimum Gasteiger partial charge on any atom is -1.00 e. The van der Waals surface area contributed by atoms with Crippen LogP contribution in [0.3, 0.4) is 0 Å². The Kier molecular flexibility index (Phi) is 4.82. The largest absolute Gasteiger partial charge is 1.00 e. The van der Waals surface area contributed by atoms with Gasteiger partial charge in [0.25, 0.3) is 0 Å². The molecular weight excluding hydrogens is 159 g/mol. The second-order valence-electron chi connectivity index (χ2n) is 3.34. The van der Waals surface area contributed by atoms with Crippen LogP contribution in [0.2, 0.25) is 0 Å². The first-order chi connectivity index (χ1) is 4.55. The Morgan fingerprint density at radius 2 is 1.18 bits per heavy atom. The van der Waals surface area contributed by atoms with Crippen LogP contribution in [0.15, 0.2) is 22.3 Å². The molecule has 0 heterocycles. The SMILES string of the molecule is CC1=C(C)C(C)C(C)=C1C.[H-].[K+]. The van der Waals surface area contributed by atoms with Crippen molar-refractivity contribution >= 4 is 0 Å². The molecule has 0 nitrogen and oxygen atoms in total. The third kappa shape index (κ3) is 2.07. The standard InChI is InChI=1S/C10H16.K.H/c1-6-7(2)9(4)10(5)8(6)3;;/h6H,1-5H3;;/q;+1;-1. The Hall–Kier alpha value is 1.12. The van der Waals surface area contributed by atoms with Crippen LogP contribution in [-0.4, -0.2) is 0 Å². The Labute approximate surface area is 114 Å². The van der Waals surface area contributed by atoms with E-state index in [2.05, 4.69) is 34.6 Å². The molecule has 0 unspecified atom stereocenters. The summed E-state index contributed by atoms with van der Waals surface area (Å²) in [4.78, 5) is 0. The van der Waals surface area contributed by atoms with Gasteiger partial charge >= 0.3 is 51.4 Å². The summed E-state index contributed by atoms with van der Waals surface area (Å²) >= 11 is 0. The minimum atomic E-state index is 0. The Balaban J connectivity index is 0. The fourth-order valence-electron chi connectivity index (χ4n) is 1.57. The molecule has 58 valence electrons. The Morgan fingerprint density at radius 1 is 0.909 bits per heavy atom. The maximum atomic E-state index is 2.28. The smallest absolute Gasteiger partial charge is 1.00 e. The number of hydrogen-bond donors (Lipinski definition) is 0. The van der Waals surface area contributed by atoms with Crippen LogP contribution in [0.1, 0.15) is 36.0 Å². The van der Waals surface area contributed by atoms with Crippen LogP contribution in [-0.2, 0) is 0 Å². The van der Waals surface area contributed by atoms with E-state index in [1.54, 1.807) is 11.1 Å². The zero-order chi connectivity index (χ0) is 7.89. The van der Waals surface area contributed by atoms with Crippen LogP contribution in [0.5, 0.6) is 0 Å². The van der Waals surface area contributed by atoms with Gasteiger partial charge in [-0.3, -0.25) is 0 Å². The number of allylic oxidation sites excluding steroid dienone is 4. The van der Waals surface area contributed by atoms with Gasteiger partial charge in [-0.25, -0.2) is 0 Å². The predicted molar refractivity (Wildman–Crippen MR) is 47.0 cm³/mol. The van der Waals surface area contributed by atoms with Crippen molar-refractivity contribution in [1.29, 1.82) is 0 Å². The topological polar surface area (TPSA) is 0 Å². The first-order valence-electron chi connectivity index (χ1n) is 3.90. The van der Waals surface area contributed by atoms with Gasteiger partial charge in [0.05, 0.1) is 0 Å². The minimum absolute atomic E-state index is 0. The predicted octanol–water partition coefficient (Wildman–Crippen LogP) is 0.425. The first-order valence-corrected chi connectivity index (χ1v) is 3.90. The second-order valence-corrected chi connectivity index (χ2v) is 3.34. The fourth-order valence-corrected chi connectivity index (χ4v) is 1.57. The van der Waals surface area contributed by atoms with Crippen molar-refractivity contribution in [2.45, 2.75) is 34.6 Å². The van der Waals surface area contributed by atoms with Crippen molar-refractivity contribution in [3.8, 4) is 0 Å². The molecule has 0 atom stereocenters. The van der Waals surface area contributed by atoms with Gasteiger partial charge in [-0.1, -0.05) is 18.1 Å². The Bertz CT molecular complexity index is 202. The molecule has 0 spiro atoms. The van der Waals surface area contributed by atoms with Crippen molar-refractivity contribution in [2.24, 2.45) is 5.92 Å². The fraction of sp³-hybridized carbons (Fsp3) is 0.600. The molecule has 0 aliphatic heterocycles. The van der Waals surface area contributed by atoms with E-state index < -0.39 is 0 Å². The molecule has 0 saturated carbocycles. The van der Waals surface area contributed by atoms with E-state index in [1.807, 2.05) is 0 Å². The van der Waals surface area contributed by atoms with Crippen LogP contribution >= 0.6 is 0 Å². The average Bonchev–Trinajstić information content (AvgIpc) is 2.07. The van der Waals surface area contributed by atoms with Gasteiger partial charge in [-0.15, -0.1) is 0 Å². The summed E-state index contributed by atoms with van der Waals surface area (Å²) in [5.74, 6) is 0.694. The zero-order valence-electron chi connectivity index (χ0n) is 9.58. The quantitative estimate of drug-likeness (QED) is 0.470. The van der Waals surface area contributed by atoms with E-state index in [1.165, 1.54) is 11.1 Å². The molecule has 0 amide bonds. The van der Waals surface area contributed by atoms with Crippen molar-refractivity contribution in [3.05, 3.63) is 22.3 Å². The average molecular weight is 176 g/mol. The first kappa shape index (κ1) is 12.1. The summed E-state index contributed by atoms with van der Waals surface area (Å²) in [6.07, 6.45) is 0. The summed E-state index contributed by atoms with van der Waals surface area (Å²) < 4.78 is 0. The summed E-state index contributed by atoms with van der Waals surface area (Å²) in [6.45, 7) is 11.2. The molecule has 1 aliphatic carbocycles. The van der Waals surface area contributed by atoms with Gasteiger partial charge in [0.15, 0.2) is 0 Å². The van der Waals surface area contributed by atoms with Crippen LogP contribution in [0.4, 0.5) is 0 Å². The van der Waals surface area contributed by atoms with E-state index in [0.29, 0.717) is 5.92 Å². The van der Waals surface area contributed by atoms with Gasteiger partial charge in [0, 0.05) is 0 Å². The molecule has 0 aromatic heterocycles. The maximum absolute atomic E-state index is 2.28. The van der Waals surface area contributed by atoms with Crippen LogP contribution < -0.4 is 51.4 Å². The van der Waals surface area contributed by atoms with E-state index in [-0.39, 0.29) is 52.8 Å². The summed E-state index contributed by atoms with van der Waals surface area (Å²) in [5.41, 5.74) is 6.11. The summed E-state index contributed by atoms with van der Waals surface area (Å²) in [6, 6.07) is 0. The molecule has 0 fully saturated rings. The zero-order valence-corrected chi connectivity index (χ0v) is 11.7. The molecule has 1 aliphatic rings. The molecule has 0 saturated heterocycles. The van der Waals surface area contributed by atoms with Crippen LogP contribution in [0, 0.1) is 5.92 Å². The third-order valence-corrected chi connectivity index (χ3v) is 3.04. The van der Waals surface area contributed by atoms with Crippen molar-refractivity contribution < 1.29 is 52.8 Å². The van der Waals surface area contributed by atoms with Crippen molar-refractivity contribution in [3.63, 3.8) is 0 Å². The monoisotopic (exact) mass is 176 g/mol. The third-order valence-electron chi connectivity index (χ3n) is 3.04. The molecule has 0 radical (unpaired) electrons. The van der Waals surface area contributed by atoms with Gasteiger partial charge in [0.2, 0.25) is 0 Å². The van der Waals surface area contributed by atoms with Gasteiger partial charge in [-0.2, -0.15) is 0 Å². The van der Waals surface area contributed by atoms with Crippen LogP contribution in [0.25, 0.3) is 0 Å². The van der Waals surface area contributed by atoms with E-state index in [9.17, 15) is 0 Å². The molecule has 0 N–H and O–H groups in total. The van der Waals surface area contributed by atoms with E-state index in [0.717, 1.165) is 0 Å². The van der Waals surface area contributed by atoms with Gasteiger partial charge in [-0.05, 0) is 44.8 Å². The molecule has 11 heavy (non-hydrogen) atoms. The summed E-state index contributed by atoms with van der Waals surface area (Å²) in [7, 11) is 0. The molecule has 0 aromatic carbocycles. The van der Waals surface area contributed by atoms with Crippen molar-refractivity contribution in [1.82, 2.24) is 0 Å². The van der Waals surface area contributed by atoms with E-state index in [4.69, 9.17) is 0 Å². The Morgan fingerprint density at radius 3 is 1.27 bits per heavy atom. The molecule has 1 rings (SSSR count). The second kappa shape index (κ2) is 4.38. The molecule has 0 bridgehead atoms. The van der Waals surface area contributed by atoms with Gasteiger partial charge < -0.3 is 1.43 Å². The molecule has 1 heteroatoms. The molecule has 0 aromatic rings. The maximum Gasteiger partial charge on any atom is 1.00 e. The van der Waals surface area contributed by atoms with Crippen molar-refractivity contribution in [2.75, 3.05) is 0 Å². The van der Waals surface area contributed by atoms with Gasteiger partial charge in [0.1, 0.15) is 0 Å². The summed E-state index contributed by atoms with van der Waals surface area (Å²) in [5, 5.41) is 0. The number of rotatable bonds is 0. The number of hydrogen-bond acceptors (Lipinski definition) is 0. The molecular formula is C10H17K. The van der Waals surface area contributed by atoms with E-state index >= 15 is 0 Å².